The second-order valence-corrected chi connectivity index (χ2v) is 4.27. The highest BCUT2D eigenvalue weighted by molar-refractivity contribution is 9.10. The van der Waals surface area contributed by atoms with E-state index in [1.54, 1.807) is 25.4 Å². The molecule has 1 aromatic heterocycles. The molecule has 0 aliphatic heterocycles. The van der Waals surface area contributed by atoms with Gasteiger partial charge < -0.3 is 15.8 Å². The van der Waals surface area contributed by atoms with Crippen molar-refractivity contribution in [2.24, 2.45) is 0 Å². The number of hydrogen-bond donors (Lipinski definition) is 2. The van der Waals surface area contributed by atoms with Gasteiger partial charge in [-0.05, 0) is 40.2 Å². The summed E-state index contributed by atoms with van der Waals surface area (Å²) in [6, 6.07) is 9.29. The third-order valence-corrected chi connectivity index (χ3v) is 2.91. The lowest BCUT2D eigenvalue weighted by atomic mass is 10.3. The lowest BCUT2D eigenvalue weighted by molar-refractivity contribution is 0.412. The van der Waals surface area contributed by atoms with Gasteiger partial charge in [0.1, 0.15) is 5.75 Å². The topological polar surface area (TPSA) is 60.2 Å². The molecule has 0 aliphatic carbocycles. The summed E-state index contributed by atoms with van der Waals surface area (Å²) < 4.78 is 6.12. The number of halogens is 1. The molecule has 0 radical (unpaired) electrons. The second kappa shape index (κ2) is 5.05. The second-order valence-electron chi connectivity index (χ2n) is 3.42. The average Bonchev–Trinajstić information content (AvgIpc) is 2.34. The van der Waals surface area contributed by atoms with Crippen molar-refractivity contribution in [3.63, 3.8) is 0 Å². The van der Waals surface area contributed by atoms with Gasteiger partial charge in [0.15, 0.2) is 5.82 Å². The first-order valence-corrected chi connectivity index (χ1v) is 5.81. The third kappa shape index (κ3) is 2.68. The highest BCUT2D eigenvalue weighted by Gasteiger charge is 2.04. The number of nitrogens with zero attached hydrogens (tertiary/aromatic N) is 1. The summed E-state index contributed by atoms with van der Waals surface area (Å²) in [4.78, 5) is 4.16. The van der Waals surface area contributed by atoms with Gasteiger partial charge in [0.2, 0.25) is 0 Å². The smallest absolute Gasteiger partial charge is 0.153 e. The highest BCUT2D eigenvalue weighted by atomic mass is 79.9. The molecule has 0 amide bonds. The quantitative estimate of drug-likeness (QED) is 0.912. The zero-order chi connectivity index (χ0) is 12.3. The van der Waals surface area contributed by atoms with Crippen LogP contribution in [0.4, 0.5) is 17.2 Å². The van der Waals surface area contributed by atoms with Crippen LogP contribution in [0.5, 0.6) is 5.75 Å². The zero-order valence-corrected chi connectivity index (χ0v) is 10.9. The summed E-state index contributed by atoms with van der Waals surface area (Å²) in [5.74, 6) is 1.39. The number of nitrogens with one attached hydrogen (secondary N) is 1. The Hall–Kier alpha value is -1.75. The Bertz CT molecular complexity index is 531. The van der Waals surface area contributed by atoms with Crippen LogP contribution in [0.15, 0.2) is 41.0 Å². The van der Waals surface area contributed by atoms with Crippen LogP contribution in [0.25, 0.3) is 0 Å². The zero-order valence-electron chi connectivity index (χ0n) is 9.27. The largest absolute Gasteiger partial charge is 0.495 e. The SMILES string of the molecule is COc1cc(Nc2ncccc2N)ccc1Br. The number of nitrogen functional groups attached to an aromatic ring is 1. The van der Waals surface area contributed by atoms with Crippen LogP contribution in [0, 0.1) is 0 Å². The summed E-state index contributed by atoms with van der Waals surface area (Å²) >= 11 is 3.40. The number of pyridine rings is 1. The molecule has 0 saturated carbocycles. The first-order valence-electron chi connectivity index (χ1n) is 5.02. The van der Waals surface area contributed by atoms with E-state index in [2.05, 4.69) is 26.2 Å². The lowest BCUT2D eigenvalue weighted by Crippen LogP contribution is -1.98. The molecule has 3 N–H and O–H groups in total. The lowest BCUT2D eigenvalue weighted by Gasteiger charge is -2.10. The molecule has 0 atom stereocenters. The summed E-state index contributed by atoms with van der Waals surface area (Å²) in [5, 5.41) is 3.14. The van der Waals surface area contributed by atoms with Crippen LogP contribution >= 0.6 is 15.9 Å². The van der Waals surface area contributed by atoms with Crippen LogP contribution in [-0.2, 0) is 0 Å². The van der Waals surface area contributed by atoms with E-state index in [4.69, 9.17) is 10.5 Å². The van der Waals surface area contributed by atoms with E-state index in [9.17, 15) is 0 Å². The predicted molar refractivity (Wildman–Crippen MR) is 72.6 cm³/mol. The molecule has 17 heavy (non-hydrogen) atoms. The van der Waals surface area contributed by atoms with Crippen molar-refractivity contribution in [1.82, 2.24) is 4.98 Å². The third-order valence-electron chi connectivity index (χ3n) is 2.25. The summed E-state index contributed by atoms with van der Waals surface area (Å²) in [7, 11) is 1.62. The van der Waals surface area contributed by atoms with E-state index in [-0.39, 0.29) is 0 Å². The molecule has 5 heteroatoms. The Morgan fingerprint density at radius 1 is 1.35 bits per heavy atom. The van der Waals surface area contributed by atoms with Crippen molar-refractivity contribution >= 4 is 33.1 Å². The number of nitrogens with two attached hydrogens (primary N) is 1. The van der Waals surface area contributed by atoms with Crippen molar-refractivity contribution < 1.29 is 4.74 Å². The molecule has 1 aromatic carbocycles. The molecular weight excluding hydrogens is 282 g/mol. The maximum absolute atomic E-state index is 5.80. The summed E-state index contributed by atoms with van der Waals surface area (Å²) in [5.41, 5.74) is 7.28. The Labute approximate surface area is 108 Å². The van der Waals surface area contributed by atoms with Gasteiger partial charge in [0.25, 0.3) is 0 Å². The number of ether oxygens (including phenoxy) is 1. The van der Waals surface area contributed by atoms with Crippen molar-refractivity contribution in [2.45, 2.75) is 0 Å². The van der Waals surface area contributed by atoms with Crippen LogP contribution in [0.2, 0.25) is 0 Å². The fourth-order valence-corrected chi connectivity index (χ4v) is 1.80. The number of rotatable bonds is 3. The van der Waals surface area contributed by atoms with Crippen LogP contribution < -0.4 is 15.8 Å². The van der Waals surface area contributed by atoms with Gasteiger partial charge in [-0.15, -0.1) is 0 Å². The number of hydrogen-bond acceptors (Lipinski definition) is 4. The fraction of sp³-hybridized carbons (Fsp3) is 0.0833. The van der Waals surface area contributed by atoms with Gasteiger partial charge in [-0.1, -0.05) is 0 Å². The average molecular weight is 294 g/mol. The summed E-state index contributed by atoms with van der Waals surface area (Å²) in [6.45, 7) is 0. The number of benzene rings is 1. The normalized spacial score (nSPS) is 10.0. The molecule has 2 rings (SSSR count). The van der Waals surface area contributed by atoms with Crippen LogP contribution in [0.1, 0.15) is 0 Å². The van der Waals surface area contributed by atoms with Crippen LogP contribution in [0.3, 0.4) is 0 Å². The van der Waals surface area contributed by atoms with E-state index in [0.717, 1.165) is 15.9 Å². The van der Waals surface area contributed by atoms with E-state index in [1.807, 2.05) is 18.2 Å². The standard InChI is InChI=1S/C12H12BrN3O/c1-17-11-7-8(4-5-9(11)13)16-12-10(14)3-2-6-15-12/h2-7H,14H2,1H3,(H,15,16). The molecule has 0 spiro atoms. The van der Waals surface area contributed by atoms with Crippen LogP contribution in [-0.4, -0.2) is 12.1 Å². The van der Waals surface area contributed by atoms with Gasteiger partial charge >= 0.3 is 0 Å². The van der Waals surface area contributed by atoms with Gasteiger partial charge in [0.05, 0.1) is 17.3 Å². The van der Waals surface area contributed by atoms with E-state index in [0.29, 0.717) is 11.5 Å². The van der Waals surface area contributed by atoms with Gasteiger partial charge in [0, 0.05) is 18.0 Å². The molecule has 0 saturated heterocycles. The molecule has 2 aromatic rings. The monoisotopic (exact) mass is 293 g/mol. The molecule has 4 nitrogen and oxygen atoms in total. The maximum Gasteiger partial charge on any atom is 0.153 e. The van der Waals surface area contributed by atoms with Crippen molar-refractivity contribution in [1.29, 1.82) is 0 Å². The van der Waals surface area contributed by atoms with E-state index < -0.39 is 0 Å². The first kappa shape index (κ1) is 11.7. The Balaban J connectivity index is 2.28. The molecular formula is C12H12BrN3O. The molecule has 0 unspecified atom stereocenters. The number of methoxy groups -OCH3 is 1. The Kier molecular flexibility index (Phi) is 3.49. The van der Waals surface area contributed by atoms with Gasteiger partial charge in [-0.3, -0.25) is 0 Å². The first-order chi connectivity index (χ1) is 8.20. The number of anilines is 3. The predicted octanol–water partition coefficient (Wildman–Crippen LogP) is 3.18. The van der Waals surface area contributed by atoms with E-state index in [1.165, 1.54) is 0 Å². The van der Waals surface area contributed by atoms with Gasteiger partial charge in [-0.2, -0.15) is 0 Å². The van der Waals surface area contributed by atoms with Crippen molar-refractivity contribution in [3.8, 4) is 5.75 Å². The molecule has 0 aliphatic rings. The minimum atomic E-state index is 0.606. The Morgan fingerprint density at radius 2 is 2.18 bits per heavy atom. The fourth-order valence-electron chi connectivity index (χ4n) is 1.40. The van der Waals surface area contributed by atoms with Gasteiger partial charge in [-0.25, -0.2) is 4.98 Å². The molecule has 0 bridgehead atoms. The van der Waals surface area contributed by atoms with Crippen molar-refractivity contribution in [3.05, 3.63) is 41.0 Å². The maximum atomic E-state index is 5.80. The number of aromatic nitrogens is 1. The minimum absolute atomic E-state index is 0.606. The van der Waals surface area contributed by atoms with Crippen molar-refractivity contribution in [2.75, 3.05) is 18.2 Å². The molecule has 88 valence electrons. The molecule has 0 fully saturated rings. The Morgan fingerprint density at radius 3 is 2.88 bits per heavy atom. The van der Waals surface area contributed by atoms with E-state index >= 15 is 0 Å². The molecule has 1 heterocycles. The highest BCUT2D eigenvalue weighted by Crippen LogP contribution is 2.29. The minimum Gasteiger partial charge on any atom is -0.495 e. The summed E-state index contributed by atoms with van der Waals surface area (Å²) in [6.07, 6.45) is 1.69.